The van der Waals surface area contributed by atoms with Crippen molar-refractivity contribution in [2.45, 2.75) is 6.55 Å². The quantitative estimate of drug-likeness (QED) is 0.141. The average Bonchev–Trinajstić information content (AvgIpc) is 3.57. The first-order valence-electron chi connectivity index (χ1n) is 27.2. The van der Waals surface area contributed by atoms with Crippen molar-refractivity contribution in [2.75, 3.05) is 14.7 Å². The summed E-state index contributed by atoms with van der Waals surface area (Å²) in [4.78, 5) is 6.65. The van der Waals surface area contributed by atoms with Gasteiger partial charge >= 0.3 is 0 Å². The number of rotatable bonds is 8. The minimum atomic E-state index is -2.97. The van der Waals surface area contributed by atoms with Gasteiger partial charge in [-0.2, -0.15) is 0 Å². The summed E-state index contributed by atoms with van der Waals surface area (Å²) in [5.41, 5.74) is 11.4. The Morgan fingerprint density at radius 2 is 0.803 bits per heavy atom. The number of para-hydroxylation sites is 4. The van der Waals surface area contributed by atoms with Gasteiger partial charge in [-0.1, -0.05) is 205 Å². The highest BCUT2D eigenvalue weighted by atomic mass is 28.3. The third-order valence-electron chi connectivity index (χ3n) is 13.7. The lowest BCUT2D eigenvalue weighted by molar-refractivity contribution is 1.23. The topological polar surface area (TPSA) is 9.72 Å². The maximum atomic E-state index is 9.35. The van der Waals surface area contributed by atoms with E-state index in [0.29, 0.717) is 22.5 Å². The Kier molecular flexibility index (Phi) is 6.79. The van der Waals surface area contributed by atoms with Crippen LogP contribution in [0.2, 0.25) is 6.55 Å². The van der Waals surface area contributed by atoms with E-state index in [1.54, 1.807) is 0 Å². The van der Waals surface area contributed by atoms with Gasteiger partial charge in [-0.3, -0.25) is 0 Å². The summed E-state index contributed by atoms with van der Waals surface area (Å²) < 4.78 is 90.0. The fourth-order valence-electron chi connectivity index (χ4n) is 10.9. The zero-order chi connectivity index (χ0) is 52.5. The molecule has 0 amide bonds. The van der Waals surface area contributed by atoms with Gasteiger partial charge in [0.15, 0.2) is 0 Å². The number of nitrogens with zero attached hydrogens (tertiary/aromatic N) is 3. The molecule has 3 aliphatic heterocycles. The molecule has 3 nitrogen and oxygen atoms in total. The highest BCUT2D eigenvalue weighted by molar-refractivity contribution is 7.21. The van der Waals surface area contributed by atoms with Crippen LogP contribution in [-0.4, -0.2) is 14.8 Å². The number of benzene rings is 10. The number of hydrogen-bond donors (Lipinski definition) is 0. The highest BCUT2D eigenvalue weighted by Gasteiger charge is 2.54. The first-order valence-corrected chi connectivity index (χ1v) is 24.7. The fraction of sp³-hybridized carbons (Fsp3) is 0.0164. The second-order valence-electron chi connectivity index (χ2n) is 17.0. The predicted molar refractivity (Wildman–Crippen MR) is 283 cm³/mol. The van der Waals surface area contributed by atoms with Crippen LogP contribution in [-0.2, 0) is 0 Å². The molecule has 310 valence electrons. The predicted octanol–water partition coefficient (Wildman–Crippen LogP) is 12.0. The first-order chi connectivity index (χ1) is 36.8. The fourth-order valence-corrected chi connectivity index (χ4v) is 15.2. The molecule has 3 heterocycles. The standard InChI is InChI=1S/C61H44BN3Si/c1-66(48-31-15-6-16-32-48)57-39-21-37-53-60(57)62-59-55(64(53)51-35-19-17-33-49(51)43-23-7-2-8-24-43)41-47(63(45-27-11-4-12-28-45)46-29-13-5-14-30-46)42-56(59)65(54-38-22-40-58(66)61(54)62)52-36-20-18-34-50(52)44-25-9-3-10-26-44/h2-42H,1H3/i2D,3D,7D,8D,9D,10D,23D,24D,25D,26D. The smallest absolute Gasteiger partial charge is 0.251 e. The average molecular weight is 868 g/mol. The molecule has 0 radical (unpaired) electrons. The zero-order valence-electron chi connectivity index (χ0n) is 45.8. The monoisotopic (exact) mass is 867 g/mol. The van der Waals surface area contributed by atoms with Crippen LogP contribution in [0, 0.1) is 0 Å². The van der Waals surface area contributed by atoms with E-state index < -0.39 is 44.3 Å². The third-order valence-corrected chi connectivity index (χ3v) is 18.2. The summed E-state index contributed by atoms with van der Waals surface area (Å²) in [6.07, 6.45) is 0. The molecular formula is C61H44BN3Si. The molecule has 0 aromatic heterocycles. The first kappa shape index (κ1) is 29.3. The minimum absolute atomic E-state index is 0.0825. The molecule has 0 bridgehead atoms. The van der Waals surface area contributed by atoms with Gasteiger partial charge in [-0.15, -0.1) is 0 Å². The van der Waals surface area contributed by atoms with E-state index in [2.05, 4.69) is 118 Å². The molecule has 0 saturated heterocycles. The molecule has 0 atom stereocenters. The van der Waals surface area contributed by atoms with E-state index in [0.717, 1.165) is 56.2 Å². The Morgan fingerprint density at radius 1 is 0.394 bits per heavy atom. The van der Waals surface area contributed by atoms with Gasteiger partial charge in [0.2, 0.25) is 0 Å². The van der Waals surface area contributed by atoms with Crippen LogP contribution in [0.4, 0.5) is 51.2 Å². The maximum Gasteiger partial charge on any atom is 0.251 e. The molecule has 0 saturated carbocycles. The molecular weight excluding hydrogens is 814 g/mol. The van der Waals surface area contributed by atoms with Crippen LogP contribution < -0.4 is 46.6 Å². The largest absolute Gasteiger partial charge is 0.311 e. The van der Waals surface area contributed by atoms with Crippen molar-refractivity contribution in [3.63, 3.8) is 0 Å². The lowest BCUT2D eigenvalue weighted by Crippen LogP contribution is -2.83. The van der Waals surface area contributed by atoms with Gasteiger partial charge in [-0.25, -0.2) is 0 Å². The van der Waals surface area contributed by atoms with Crippen molar-refractivity contribution in [3.05, 3.63) is 248 Å². The van der Waals surface area contributed by atoms with E-state index >= 15 is 0 Å². The molecule has 0 fully saturated rings. The second-order valence-corrected chi connectivity index (χ2v) is 20.9. The SMILES string of the molecule is [2H]c1c([2H])c([2H])c(-c2ccccc2N2c3cc(N(c4ccccc4)c4ccccc4)cc4c3B3c5c2cccc5[Si](C)(c2ccccc2)c2cccc(c23)N4c2ccccc2-c2c([2H])c([2H])c([2H])c([2H])c2[2H])c([2H])c1[2H]. The Labute approximate surface area is 402 Å². The normalized spacial score (nSPS) is 15.7. The molecule has 10 aromatic carbocycles. The van der Waals surface area contributed by atoms with Gasteiger partial charge in [0.05, 0.1) is 30.8 Å². The summed E-state index contributed by atoms with van der Waals surface area (Å²) >= 11 is 0. The molecule has 0 aliphatic carbocycles. The summed E-state index contributed by atoms with van der Waals surface area (Å²) in [6.45, 7) is 2.07. The van der Waals surface area contributed by atoms with Gasteiger partial charge < -0.3 is 14.7 Å². The Bertz CT molecular complexity index is 3780. The van der Waals surface area contributed by atoms with Gasteiger partial charge in [0.1, 0.15) is 8.07 Å². The van der Waals surface area contributed by atoms with E-state index in [-0.39, 0.29) is 42.0 Å². The van der Waals surface area contributed by atoms with Gasteiger partial charge in [0.25, 0.3) is 6.71 Å². The lowest BCUT2D eigenvalue weighted by Gasteiger charge is -2.51. The minimum Gasteiger partial charge on any atom is -0.311 e. The van der Waals surface area contributed by atoms with Crippen molar-refractivity contribution >= 4 is 97.9 Å². The van der Waals surface area contributed by atoms with Gasteiger partial charge in [-0.05, 0) is 93.4 Å². The zero-order valence-corrected chi connectivity index (χ0v) is 36.8. The van der Waals surface area contributed by atoms with Crippen LogP contribution in [0.5, 0.6) is 0 Å². The Hall–Kier alpha value is -8.12. The highest BCUT2D eigenvalue weighted by Crippen LogP contribution is 2.51. The molecule has 13 rings (SSSR count). The number of hydrogen-bond acceptors (Lipinski definition) is 3. The summed E-state index contributed by atoms with van der Waals surface area (Å²) in [5.74, 6) is 0. The van der Waals surface area contributed by atoms with Crippen molar-refractivity contribution in [2.24, 2.45) is 0 Å². The molecule has 0 spiro atoms. The van der Waals surface area contributed by atoms with Gasteiger partial charge in [0, 0.05) is 45.3 Å². The molecule has 0 unspecified atom stereocenters. The van der Waals surface area contributed by atoms with Crippen LogP contribution >= 0.6 is 0 Å². The second kappa shape index (κ2) is 15.3. The third kappa shape index (κ3) is 5.70. The maximum absolute atomic E-state index is 9.35. The van der Waals surface area contributed by atoms with E-state index in [1.165, 1.54) is 15.6 Å². The van der Waals surface area contributed by atoms with Crippen molar-refractivity contribution in [3.8, 4) is 22.3 Å². The summed E-state index contributed by atoms with van der Waals surface area (Å²) in [6, 6.07) is 59.6. The summed E-state index contributed by atoms with van der Waals surface area (Å²) in [7, 11) is -2.97. The Morgan fingerprint density at radius 3 is 1.27 bits per heavy atom. The Balaban J connectivity index is 1.22. The van der Waals surface area contributed by atoms with Crippen molar-refractivity contribution < 1.29 is 13.7 Å². The van der Waals surface area contributed by atoms with Crippen LogP contribution in [0.3, 0.4) is 0 Å². The molecule has 10 aromatic rings. The van der Waals surface area contributed by atoms with Crippen LogP contribution in [0.1, 0.15) is 13.7 Å². The van der Waals surface area contributed by atoms with E-state index in [9.17, 15) is 5.48 Å². The number of anilines is 9. The van der Waals surface area contributed by atoms with E-state index in [4.69, 9.17) is 8.22 Å². The van der Waals surface area contributed by atoms with Crippen LogP contribution in [0.25, 0.3) is 22.3 Å². The molecule has 66 heavy (non-hydrogen) atoms. The van der Waals surface area contributed by atoms with Crippen molar-refractivity contribution in [1.29, 1.82) is 0 Å². The summed E-state index contributed by atoms with van der Waals surface area (Å²) in [5, 5.41) is 3.65. The molecule has 3 aliphatic rings. The van der Waals surface area contributed by atoms with Crippen LogP contribution in [0.15, 0.2) is 248 Å². The molecule has 0 N–H and O–H groups in total. The molecule has 5 heteroatoms. The van der Waals surface area contributed by atoms with Crippen molar-refractivity contribution in [1.82, 2.24) is 0 Å². The van der Waals surface area contributed by atoms with E-state index in [1.807, 2.05) is 91.0 Å². The lowest BCUT2D eigenvalue weighted by atomic mass is 9.33.